The molecule has 0 saturated carbocycles. The van der Waals surface area contributed by atoms with E-state index in [0.29, 0.717) is 30.2 Å². The molecule has 0 amide bonds. The minimum Gasteiger partial charge on any atom is -0.472 e. The van der Waals surface area contributed by atoms with Crippen molar-refractivity contribution in [3.8, 4) is 5.88 Å². The zero-order chi connectivity index (χ0) is 19.4. The average molecular weight is 394 g/mol. The normalized spacial score (nSPS) is 18.3. The van der Waals surface area contributed by atoms with E-state index >= 15 is 0 Å². The van der Waals surface area contributed by atoms with Gasteiger partial charge in [0.05, 0.1) is 12.3 Å². The summed E-state index contributed by atoms with van der Waals surface area (Å²) in [6, 6.07) is 9.19. The summed E-state index contributed by atoms with van der Waals surface area (Å²) in [5.41, 5.74) is 0.434. The second-order valence-electron chi connectivity index (χ2n) is 6.75. The predicted octanol–water partition coefficient (Wildman–Crippen LogP) is 2.05. The number of piperidine rings is 1. The Morgan fingerprint density at radius 3 is 2.74 bits per heavy atom. The fraction of sp³-hybridized carbons (Fsp3) is 0.444. The van der Waals surface area contributed by atoms with Gasteiger partial charge in [-0.25, -0.2) is 12.8 Å². The van der Waals surface area contributed by atoms with Crippen LogP contribution in [0.25, 0.3) is 0 Å². The van der Waals surface area contributed by atoms with Gasteiger partial charge in [0.15, 0.2) is 5.82 Å². The summed E-state index contributed by atoms with van der Waals surface area (Å²) < 4.78 is 46.0. The van der Waals surface area contributed by atoms with E-state index in [1.54, 1.807) is 18.2 Å². The van der Waals surface area contributed by atoms with Gasteiger partial charge in [-0.05, 0) is 36.6 Å². The number of ether oxygens (including phenoxy) is 1. The van der Waals surface area contributed by atoms with E-state index in [1.165, 1.54) is 22.5 Å². The molecule has 1 atom stereocenters. The summed E-state index contributed by atoms with van der Waals surface area (Å²) in [6.45, 7) is 0.678. The Kier molecular flexibility index (Phi) is 5.91. The van der Waals surface area contributed by atoms with Crippen LogP contribution in [0.15, 0.2) is 36.4 Å². The Labute approximate surface area is 158 Å². The number of rotatable bonds is 6. The zero-order valence-electron chi connectivity index (χ0n) is 15.4. The maximum atomic E-state index is 13.3. The maximum Gasteiger partial charge on any atom is 0.233 e. The van der Waals surface area contributed by atoms with Gasteiger partial charge in [0.2, 0.25) is 15.9 Å². The number of aromatic nitrogens is 2. The summed E-state index contributed by atoms with van der Waals surface area (Å²) in [5.74, 6) is 0.414. The lowest BCUT2D eigenvalue weighted by Crippen LogP contribution is -2.44. The lowest BCUT2D eigenvalue weighted by Gasteiger charge is -2.31. The van der Waals surface area contributed by atoms with E-state index in [1.807, 2.05) is 19.0 Å². The highest BCUT2D eigenvalue weighted by Crippen LogP contribution is 2.21. The first-order chi connectivity index (χ1) is 12.8. The van der Waals surface area contributed by atoms with Crippen LogP contribution < -0.4 is 9.64 Å². The third-order valence-corrected chi connectivity index (χ3v) is 6.16. The quantitative estimate of drug-likeness (QED) is 0.747. The molecule has 1 aliphatic heterocycles. The van der Waals surface area contributed by atoms with Crippen LogP contribution in [0.4, 0.5) is 10.2 Å². The van der Waals surface area contributed by atoms with Gasteiger partial charge in [-0.2, -0.15) is 4.31 Å². The summed E-state index contributed by atoms with van der Waals surface area (Å²) in [6.07, 6.45) is 1.14. The molecule has 1 saturated heterocycles. The number of benzene rings is 1. The number of hydrogen-bond acceptors (Lipinski definition) is 6. The van der Waals surface area contributed by atoms with E-state index < -0.39 is 15.8 Å². The molecule has 1 aliphatic rings. The van der Waals surface area contributed by atoms with Gasteiger partial charge in [0.25, 0.3) is 0 Å². The minimum atomic E-state index is -3.55. The lowest BCUT2D eigenvalue weighted by atomic mass is 10.1. The van der Waals surface area contributed by atoms with E-state index in [2.05, 4.69) is 10.2 Å². The van der Waals surface area contributed by atoms with Gasteiger partial charge >= 0.3 is 0 Å². The van der Waals surface area contributed by atoms with Crippen molar-refractivity contribution < 1.29 is 17.5 Å². The van der Waals surface area contributed by atoms with Crippen molar-refractivity contribution in [1.29, 1.82) is 0 Å². The lowest BCUT2D eigenvalue weighted by molar-refractivity contribution is 0.123. The number of anilines is 1. The largest absolute Gasteiger partial charge is 0.472 e. The smallest absolute Gasteiger partial charge is 0.233 e. The SMILES string of the molecule is CN(C)c1ccc(OC2CCCN(S(=O)(=O)Cc3cccc(F)c3)C2)nn1. The molecule has 146 valence electrons. The Morgan fingerprint density at radius 2 is 2.07 bits per heavy atom. The van der Waals surface area contributed by atoms with Crippen LogP contribution in [0, 0.1) is 5.82 Å². The molecule has 2 aromatic rings. The van der Waals surface area contributed by atoms with Crippen LogP contribution in [0.5, 0.6) is 5.88 Å². The van der Waals surface area contributed by atoms with Gasteiger partial charge in [-0.15, -0.1) is 10.2 Å². The molecule has 0 N–H and O–H groups in total. The topological polar surface area (TPSA) is 75.6 Å². The molecule has 9 heteroatoms. The molecule has 7 nitrogen and oxygen atoms in total. The first kappa shape index (κ1) is 19.5. The van der Waals surface area contributed by atoms with E-state index in [9.17, 15) is 12.8 Å². The summed E-state index contributed by atoms with van der Waals surface area (Å²) in [5, 5.41) is 8.09. The molecule has 0 aliphatic carbocycles. The zero-order valence-corrected chi connectivity index (χ0v) is 16.2. The van der Waals surface area contributed by atoms with Crippen molar-refractivity contribution >= 4 is 15.8 Å². The van der Waals surface area contributed by atoms with Gasteiger partial charge in [-0.3, -0.25) is 0 Å². The molecule has 27 heavy (non-hydrogen) atoms. The van der Waals surface area contributed by atoms with Crippen LogP contribution in [-0.2, 0) is 15.8 Å². The molecule has 3 rings (SSSR count). The van der Waals surface area contributed by atoms with Gasteiger partial charge in [0.1, 0.15) is 11.9 Å². The Hall–Kier alpha value is -2.26. The van der Waals surface area contributed by atoms with Gasteiger partial charge < -0.3 is 9.64 Å². The molecule has 0 radical (unpaired) electrons. The summed E-state index contributed by atoms with van der Waals surface area (Å²) in [4.78, 5) is 1.83. The average Bonchev–Trinajstić information content (AvgIpc) is 2.62. The highest BCUT2D eigenvalue weighted by atomic mass is 32.2. The highest BCUT2D eigenvalue weighted by molar-refractivity contribution is 7.88. The summed E-state index contributed by atoms with van der Waals surface area (Å²) in [7, 11) is 0.184. The molecular formula is C18H23FN4O3S. The molecular weight excluding hydrogens is 371 g/mol. The van der Waals surface area contributed by atoms with E-state index in [4.69, 9.17) is 4.74 Å². The molecule has 1 unspecified atom stereocenters. The highest BCUT2D eigenvalue weighted by Gasteiger charge is 2.30. The Balaban J connectivity index is 1.64. The van der Waals surface area contributed by atoms with E-state index in [-0.39, 0.29) is 18.4 Å². The third-order valence-electron chi connectivity index (χ3n) is 4.34. The fourth-order valence-corrected chi connectivity index (χ4v) is 4.55. The summed E-state index contributed by atoms with van der Waals surface area (Å²) >= 11 is 0. The minimum absolute atomic E-state index is 0.227. The molecule has 2 heterocycles. The van der Waals surface area contributed by atoms with Crippen LogP contribution in [0.1, 0.15) is 18.4 Å². The maximum absolute atomic E-state index is 13.3. The molecule has 1 fully saturated rings. The number of sulfonamides is 1. The van der Waals surface area contributed by atoms with E-state index in [0.717, 1.165) is 6.42 Å². The molecule has 1 aromatic heterocycles. The fourth-order valence-electron chi connectivity index (χ4n) is 2.97. The van der Waals surface area contributed by atoms with Crippen molar-refractivity contribution in [3.05, 3.63) is 47.8 Å². The number of nitrogens with zero attached hydrogens (tertiary/aromatic N) is 4. The Morgan fingerprint density at radius 1 is 1.26 bits per heavy atom. The van der Waals surface area contributed by atoms with Crippen molar-refractivity contribution in [3.63, 3.8) is 0 Å². The number of halogens is 1. The van der Waals surface area contributed by atoms with Crippen molar-refractivity contribution in [2.45, 2.75) is 24.7 Å². The number of hydrogen-bond donors (Lipinski definition) is 0. The monoisotopic (exact) mass is 394 g/mol. The van der Waals surface area contributed by atoms with Gasteiger partial charge in [0, 0.05) is 26.7 Å². The first-order valence-corrected chi connectivity index (χ1v) is 10.3. The molecule has 0 bridgehead atoms. The van der Waals surface area contributed by atoms with Crippen LogP contribution in [0.3, 0.4) is 0 Å². The van der Waals surface area contributed by atoms with Crippen LogP contribution >= 0.6 is 0 Å². The third kappa shape index (κ3) is 5.14. The second-order valence-corrected chi connectivity index (χ2v) is 8.72. The van der Waals surface area contributed by atoms with Gasteiger partial charge in [-0.1, -0.05) is 12.1 Å². The van der Waals surface area contributed by atoms with Crippen LogP contribution in [0.2, 0.25) is 0 Å². The predicted molar refractivity (Wildman–Crippen MR) is 101 cm³/mol. The van der Waals surface area contributed by atoms with Crippen LogP contribution in [-0.4, -0.2) is 56.2 Å². The molecule has 1 aromatic carbocycles. The van der Waals surface area contributed by atoms with Crippen molar-refractivity contribution in [2.24, 2.45) is 0 Å². The van der Waals surface area contributed by atoms with Crippen molar-refractivity contribution in [1.82, 2.24) is 14.5 Å². The second kappa shape index (κ2) is 8.18. The van der Waals surface area contributed by atoms with Crippen molar-refractivity contribution in [2.75, 3.05) is 32.1 Å². The Bertz CT molecular complexity index is 874. The molecule has 0 spiro atoms. The first-order valence-electron chi connectivity index (χ1n) is 8.73. The standard InChI is InChI=1S/C18H23FN4O3S/c1-22(2)17-8-9-18(21-20-17)26-16-7-4-10-23(12-16)27(24,25)13-14-5-3-6-15(19)11-14/h3,5-6,8-9,11,16H,4,7,10,12-13H2,1-2H3.